The number of nitrogens with zero attached hydrogens (tertiary/aromatic N) is 6. The van der Waals surface area contributed by atoms with Crippen LogP contribution in [0.15, 0.2) is 18.5 Å². The molecule has 4 rings (SSSR count). The van der Waals surface area contributed by atoms with Crippen LogP contribution in [0.5, 0.6) is 0 Å². The standard InChI is InChI=1S/C18H28N6O/c1-14(2)24-12-17(19-21-24)18(25)8-10-22(13-18)11-15-7-9-23(20-15)16-5-3-4-6-16/h7,9,12,14,16,25H,3-6,8,10-11,13H2,1-2H3. The molecule has 2 aromatic rings. The minimum Gasteiger partial charge on any atom is -0.382 e. The van der Waals surface area contributed by atoms with Crippen molar-refractivity contribution in [3.8, 4) is 0 Å². The molecule has 3 heterocycles. The molecule has 7 nitrogen and oxygen atoms in total. The summed E-state index contributed by atoms with van der Waals surface area (Å²) in [5.74, 6) is 0. The van der Waals surface area contributed by atoms with E-state index in [4.69, 9.17) is 5.10 Å². The van der Waals surface area contributed by atoms with Crippen LogP contribution < -0.4 is 0 Å². The van der Waals surface area contributed by atoms with Crippen LogP contribution in [0.1, 0.15) is 69.4 Å². The lowest BCUT2D eigenvalue weighted by Gasteiger charge is -2.20. The number of aliphatic hydroxyl groups is 1. The molecule has 2 aliphatic rings. The van der Waals surface area contributed by atoms with Gasteiger partial charge in [-0.05, 0) is 39.2 Å². The Bertz CT molecular complexity index is 717. The monoisotopic (exact) mass is 344 g/mol. The Hall–Kier alpha value is -1.73. The number of β-amino-alcohol motifs (C(OH)–C–C–N with tert-alkyl or cyclic N) is 1. The van der Waals surface area contributed by atoms with Gasteiger partial charge in [-0.2, -0.15) is 5.10 Å². The van der Waals surface area contributed by atoms with Crippen molar-refractivity contribution >= 4 is 0 Å². The molecule has 1 saturated carbocycles. The highest BCUT2D eigenvalue weighted by molar-refractivity contribution is 5.12. The molecule has 0 aromatic carbocycles. The largest absolute Gasteiger partial charge is 0.382 e. The maximum atomic E-state index is 11.0. The predicted molar refractivity (Wildman–Crippen MR) is 93.9 cm³/mol. The van der Waals surface area contributed by atoms with E-state index in [1.165, 1.54) is 25.7 Å². The zero-order chi connectivity index (χ0) is 17.4. The van der Waals surface area contributed by atoms with Crippen LogP contribution in [0, 0.1) is 0 Å². The van der Waals surface area contributed by atoms with E-state index in [1.807, 2.05) is 6.20 Å². The first kappa shape index (κ1) is 16.7. The molecule has 0 spiro atoms. The van der Waals surface area contributed by atoms with Gasteiger partial charge in [-0.25, -0.2) is 4.68 Å². The van der Waals surface area contributed by atoms with Crippen molar-refractivity contribution in [1.29, 1.82) is 0 Å². The fourth-order valence-electron chi connectivity index (χ4n) is 4.02. The number of rotatable bonds is 5. The minimum absolute atomic E-state index is 0.252. The van der Waals surface area contributed by atoms with Crippen LogP contribution >= 0.6 is 0 Å². The van der Waals surface area contributed by atoms with E-state index in [0.717, 1.165) is 18.8 Å². The summed E-state index contributed by atoms with van der Waals surface area (Å²) < 4.78 is 3.94. The second-order valence-corrected chi connectivity index (χ2v) is 7.90. The summed E-state index contributed by atoms with van der Waals surface area (Å²) >= 11 is 0. The molecule has 1 N–H and O–H groups in total. The van der Waals surface area contributed by atoms with Crippen LogP contribution in [0.2, 0.25) is 0 Å². The number of likely N-dealkylation sites (tertiary alicyclic amines) is 1. The molecule has 1 atom stereocenters. The quantitative estimate of drug-likeness (QED) is 0.901. The summed E-state index contributed by atoms with van der Waals surface area (Å²) in [6.45, 7) is 6.33. The molecule has 25 heavy (non-hydrogen) atoms. The Balaban J connectivity index is 1.40. The minimum atomic E-state index is -0.902. The molecule has 1 aliphatic heterocycles. The molecule has 1 saturated heterocycles. The molecule has 2 aromatic heterocycles. The Morgan fingerprint density at radius 3 is 2.84 bits per heavy atom. The molecule has 2 fully saturated rings. The van der Waals surface area contributed by atoms with Gasteiger partial charge in [-0.3, -0.25) is 9.58 Å². The fraction of sp³-hybridized carbons (Fsp3) is 0.722. The maximum absolute atomic E-state index is 11.0. The van der Waals surface area contributed by atoms with E-state index in [-0.39, 0.29) is 6.04 Å². The Morgan fingerprint density at radius 2 is 2.12 bits per heavy atom. The first-order chi connectivity index (χ1) is 12.0. The average molecular weight is 344 g/mol. The van der Waals surface area contributed by atoms with Crippen molar-refractivity contribution in [2.75, 3.05) is 13.1 Å². The lowest BCUT2D eigenvalue weighted by Crippen LogP contribution is -2.31. The van der Waals surface area contributed by atoms with Crippen LogP contribution in [-0.4, -0.2) is 47.9 Å². The van der Waals surface area contributed by atoms with Crippen molar-refractivity contribution < 1.29 is 5.11 Å². The second-order valence-electron chi connectivity index (χ2n) is 7.90. The first-order valence-electron chi connectivity index (χ1n) is 9.44. The van der Waals surface area contributed by atoms with Crippen molar-refractivity contribution in [3.63, 3.8) is 0 Å². The average Bonchev–Trinajstić information content (AvgIpc) is 3.35. The number of hydrogen-bond donors (Lipinski definition) is 1. The smallest absolute Gasteiger partial charge is 0.124 e. The van der Waals surface area contributed by atoms with Crippen LogP contribution in [-0.2, 0) is 12.1 Å². The highest BCUT2D eigenvalue weighted by Crippen LogP contribution is 2.32. The molecule has 0 radical (unpaired) electrons. The fourth-order valence-corrected chi connectivity index (χ4v) is 4.02. The summed E-state index contributed by atoms with van der Waals surface area (Å²) in [7, 11) is 0. The lowest BCUT2D eigenvalue weighted by molar-refractivity contribution is 0.0406. The Labute approximate surface area is 148 Å². The van der Waals surface area contributed by atoms with Crippen LogP contribution in [0.4, 0.5) is 0 Å². The Morgan fingerprint density at radius 1 is 1.32 bits per heavy atom. The van der Waals surface area contributed by atoms with E-state index >= 15 is 0 Å². The highest BCUT2D eigenvalue weighted by atomic mass is 16.3. The van der Waals surface area contributed by atoms with Gasteiger partial charge in [-0.1, -0.05) is 18.1 Å². The molecule has 0 bridgehead atoms. The van der Waals surface area contributed by atoms with Gasteiger partial charge in [0.25, 0.3) is 0 Å². The molecule has 136 valence electrons. The summed E-state index contributed by atoms with van der Waals surface area (Å²) in [5.41, 5.74) is 0.864. The maximum Gasteiger partial charge on any atom is 0.124 e. The molecule has 1 aliphatic carbocycles. The summed E-state index contributed by atoms with van der Waals surface area (Å²) in [4.78, 5) is 2.26. The van der Waals surface area contributed by atoms with E-state index in [1.54, 1.807) is 4.68 Å². The molecular weight excluding hydrogens is 316 g/mol. The Kier molecular flexibility index (Phi) is 4.37. The van der Waals surface area contributed by atoms with Crippen molar-refractivity contribution in [2.24, 2.45) is 0 Å². The van der Waals surface area contributed by atoms with E-state index in [9.17, 15) is 5.11 Å². The number of hydrogen-bond acceptors (Lipinski definition) is 5. The van der Waals surface area contributed by atoms with Crippen molar-refractivity contribution in [1.82, 2.24) is 29.7 Å². The first-order valence-corrected chi connectivity index (χ1v) is 9.44. The zero-order valence-electron chi connectivity index (χ0n) is 15.2. The van der Waals surface area contributed by atoms with E-state index in [0.29, 0.717) is 24.7 Å². The second kappa shape index (κ2) is 6.53. The normalized spacial score (nSPS) is 25.4. The van der Waals surface area contributed by atoms with Crippen molar-refractivity contribution in [2.45, 2.75) is 70.2 Å². The highest BCUT2D eigenvalue weighted by Gasteiger charge is 2.40. The van der Waals surface area contributed by atoms with Gasteiger partial charge in [0.15, 0.2) is 0 Å². The lowest BCUT2D eigenvalue weighted by atomic mass is 10.00. The summed E-state index contributed by atoms with van der Waals surface area (Å²) in [6, 6.07) is 2.95. The van der Waals surface area contributed by atoms with Crippen LogP contribution in [0.3, 0.4) is 0 Å². The SMILES string of the molecule is CC(C)n1cc(C2(O)CCN(Cc3ccn(C4CCCC4)n3)C2)nn1. The summed E-state index contributed by atoms with van der Waals surface area (Å²) in [5, 5.41) is 24.1. The van der Waals surface area contributed by atoms with Gasteiger partial charge in [0.2, 0.25) is 0 Å². The topological polar surface area (TPSA) is 72.0 Å². The third-order valence-corrected chi connectivity index (χ3v) is 5.59. The van der Waals surface area contributed by atoms with Gasteiger partial charge >= 0.3 is 0 Å². The number of aromatic nitrogens is 5. The van der Waals surface area contributed by atoms with Crippen LogP contribution in [0.25, 0.3) is 0 Å². The van der Waals surface area contributed by atoms with E-state index < -0.39 is 5.60 Å². The van der Waals surface area contributed by atoms with Gasteiger partial charge in [0.1, 0.15) is 11.3 Å². The van der Waals surface area contributed by atoms with Gasteiger partial charge in [0, 0.05) is 31.9 Å². The zero-order valence-corrected chi connectivity index (χ0v) is 15.2. The van der Waals surface area contributed by atoms with Gasteiger partial charge < -0.3 is 5.11 Å². The molecule has 7 heteroatoms. The summed E-state index contributed by atoms with van der Waals surface area (Å²) in [6.07, 6.45) is 9.80. The van der Waals surface area contributed by atoms with Gasteiger partial charge in [-0.15, -0.1) is 5.10 Å². The molecule has 1 unspecified atom stereocenters. The molecule has 0 amide bonds. The van der Waals surface area contributed by atoms with Crippen molar-refractivity contribution in [3.05, 3.63) is 29.8 Å². The third-order valence-electron chi connectivity index (χ3n) is 5.59. The van der Waals surface area contributed by atoms with Gasteiger partial charge in [0.05, 0.1) is 17.9 Å². The van der Waals surface area contributed by atoms with E-state index in [2.05, 4.69) is 46.0 Å². The third kappa shape index (κ3) is 3.35. The predicted octanol–water partition coefficient (Wildman–Crippen LogP) is 2.26. The molecular formula is C18H28N6O.